The lowest BCUT2D eigenvalue weighted by Crippen LogP contribution is -2.25. The third-order valence-corrected chi connectivity index (χ3v) is 3.82. The minimum atomic E-state index is -0.589. The predicted molar refractivity (Wildman–Crippen MR) is 104 cm³/mol. The summed E-state index contributed by atoms with van der Waals surface area (Å²) in [5.41, 5.74) is 0.672. The lowest BCUT2D eigenvalue weighted by Gasteiger charge is -2.16. The molecule has 0 spiro atoms. The lowest BCUT2D eigenvalue weighted by molar-refractivity contribution is -0.142. The molecule has 0 radical (unpaired) electrons. The third-order valence-electron chi connectivity index (χ3n) is 3.82. The van der Waals surface area contributed by atoms with Crippen molar-refractivity contribution in [3.8, 4) is 17.2 Å². The summed E-state index contributed by atoms with van der Waals surface area (Å²) in [6.07, 6.45) is 3.16. The highest BCUT2D eigenvalue weighted by atomic mass is 16.5. The topological polar surface area (TPSA) is 61.8 Å². The summed E-state index contributed by atoms with van der Waals surface area (Å²) in [7, 11) is 3.14. The number of rotatable bonds is 6. The van der Waals surface area contributed by atoms with Crippen molar-refractivity contribution in [3.05, 3.63) is 59.7 Å². The average molecular weight is 368 g/mol. The van der Waals surface area contributed by atoms with E-state index in [2.05, 4.69) is 0 Å². The molecule has 2 aromatic carbocycles. The van der Waals surface area contributed by atoms with Gasteiger partial charge in [-0.15, -0.1) is 0 Å². The average Bonchev–Trinajstić information content (AvgIpc) is 2.65. The van der Waals surface area contributed by atoms with Gasteiger partial charge < -0.3 is 14.2 Å². The fourth-order valence-corrected chi connectivity index (χ4v) is 2.17. The predicted octanol–water partition coefficient (Wildman–Crippen LogP) is 4.55. The first kappa shape index (κ1) is 20.2. The van der Waals surface area contributed by atoms with Crippen LogP contribution in [0.1, 0.15) is 36.7 Å². The van der Waals surface area contributed by atoms with Gasteiger partial charge in [-0.2, -0.15) is 0 Å². The Morgan fingerprint density at radius 3 is 2.07 bits per heavy atom. The van der Waals surface area contributed by atoms with Crippen molar-refractivity contribution >= 4 is 17.8 Å². The minimum Gasteiger partial charge on any atom is -0.497 e. The summed E-state index contributed by atoms with van der Waals surface area (Å²) in [5, 5.41) is 0. The Hall–Kier alpha value is -3.08. The standard InChI is InChI=1S/C22H24O5/c1-22(2,3)21(24)27-17-10-6-15(7-11-17)19(23)13-9-16-8-12-18(25-4)14-20(16)26-5/h6-14H,1-5H3. The van der Waals surface area contributed by atoms with E-state index in [1.807, 2.05) is 6.07 Å². The highest BCUT2D eigenvalue weighted by Crippen LogP contribution is 2.26. The number of carbonyl (C=O) groups is 2. The number of benzene rings is 2. The van der Waals surface area contributed by atoms with Crippen molar-refractivity contribution < 1.29 is 23.8 Å². The molecule has 2 rings (SSSR count). The van der Waals surface area contributed by atoms with Gasteiger partial charge in [-0.05, 0) is 69.3 Å². The molecule has 0 aliphatic rings. The van der Waals surface area contributed by atoms with Crippen LogP contribution < -0.4 is 14.2 Å². The maximum absolute atomic E-state index is 12.4. The van der Waals surface area contributed by atoms with E-state index in [4.69, 9.17) is 14.2 Å². The lowest BCUT2D eigenvalue weighted by atomic mass is 9.97. The van der Waals surface area contributed by atoms with Crippen LogP contribution in [-0.2, 0) is 4.79 Å². The number of ether oxygens (including phenoxy) is 3. The summed E-state index contributed by atoms with van der Waals surface area (Å²) >= 11 is 0. The fourth-order valence-electron chi connectivity index (χ4n) is 2.17. The van der Waals surface area contributed by atoms with E-state index in [-0.39, 0.29) is 11.8 Å². The molecule has 0 aliphatic carbocycles. The van der Waals surface area contributed by atoms with Crippen LogP contribution in [-0.4, -0.2) is 26.0 Å². The van der Waals surface area contributed by atoms with Gasteiger partial charge in [0.25, 0.3) is 0 Å². The van der Waals surface area contributed by atoms with Gasteiger partial charge in [0.2, 0.25) is 0 Å². The summed E-state index contributed by atoms with van der Waals surface area (Å²) < 4.78 is 15.8. The van der Waals surface area contributed by atoms with Gasteiger partial charge in [0.05, 0.1) is 19.6 Å². The number of ketones is 1. The Balaban J connectivity index is 2.10. The molecule has 0 saturated heterocycles. The SMILES string of the molecule is COc1ccc(C=CC(=O)c2ccc(OC(=O)C(C)(C)C)cc2)c(OC)c1. The molecule has 0 unspecified atom stereocenters. The molecule has 0 atom stereocenters. The molecule has 0 bridgehead atoms. The van der Waals surface area contributed by atoms with Gasteiger partial charge in [0.1, 0.15) is 17.2 Å². The molecule has 27 heavy (non-hydrogen) atoms. The second-order valence-electron chi connectivity index (χ2n) is 6.97. The van der Waals surface area contributed by atoms with Crippen molar-refractivity contribution in [1.82, 2.24) is 0 Å². The van der Waals surface area contributed by atoms with E-state index >= 15 is 0 Å². The first-order valence-corrected chi connectivity index (χ1v) is 8.51. The second kappa shape index (κ2) is 8.54. The smallest absolute Gasteiger partial charge is 0.316 e. The molecular weight excluding hydrogens is 344 g/mol. The quantitative estimate of drug-likeness (QED) is 0.324. The van der Waals surface area contributed by atoms with Crippen molar-refractivity contribution in [2.24, 2.45) is 5.41 Å². The van der Waals surface area contributed by atoms with Crippen LogP contribution in [0, 0.1) is 5.41 Å². The number of allylic oxidation sites excluding steroid dienone is 1. The van der Waals surface area contributed by atoms with Crippen molar-refractivity contribution in [1.29, 1.82) is 0 Å². The molecule has 0 amide bonds. The number of hydrogen-bond acceptors (Lipinski definition) is 5. The molecule has 0 saturated carbocycles. The zero-order chi connectivity index (χ0) is 20.0. The van der Waals surface area contributed by atoms with Crippen LogP contribution in [0.5, 0.6) is 17.2 Å². The highest BCUT2D eigenvalue weighted by molar-refractivity contribution is 6.07. The summed E-state index contributed by atoms with van der Waals surface area (Å²) in [6.45, 7) is 5.35. The van der Waals surface area contributed by atoms with E-state index in [9.17, 15) is 9.59 Å². The molecule has 0 N–H and O–H groups in total. The number of carbonyl (C=O) groups excluding carboxylic acids is 2. The number of methoxy groups -OCH3 is 2. The molecule has 0 fully saturated rings. The Kier molecular flexibility index (Phi) is 6.40. The summed E-state index contributed by atoms with van der Waals surface area (Å²) in [5.74, 6) is 1.21. The number of hydrogen-bond donors (Lipinski definition) is 0. The first-order chi connectivity index (χ1) is 12.7. The second-order valence-corrected chi connectivity index (χ2v) is 6.97. The van der Waals surface area contributed by atoms with Crippen molar-refractivity contribution in [2.45, 2.75) is 20.8 Å². The zero-order valence-corrected chi connectivity index (χ0v) is 16.2. The summed E-state index contributed by atoms with van der Waals surface area (Å²) in [6, 6.07) is 11.8. The highest BCUT2D eigenvalue weighted by Gasteiger charge is 2.23. The number of esters is 1. The molecule has 0 aliphatic heterocycles. The van der Waals surface area contributed by atoms with Crippen molar-refractivity contribution in [3.63, 3.8) is 0 Å². The fraction of sp³-hybridized carbons (Fsp3) is 0.273. The maximum atomic E-state index is 12.4. The molecule has 5 heteroatoms. The van der Waals surface area contributed by atoms with Gasteiger partial charge in [-0.1, -0.05) is 0 Å². The van der Waals surface area contributed by atoms with Crippen LogP contribution in [0.2, 0.25) is 0 Å². The van der Waals surface area contributed by atoms with E-state index in [0.717, 1.165) is 5.56 Å². The monoisotopic (exact) mass is 368 g/mol. The summed E-state index contributed by atoms with van der Waals surface area (Å²) in [4.78, 5) is 24.3. The van der Waals surface area contributed by atoms with E-state index < -0.39 is 5.41 Å². The zero-order valence-electron chi connectivity index (χ0n) is 16.2. The Morgan fingerprint density at radius 1 is 0.889 bits per heavy atom. The van der Waals surface area contributed by atoms with Gasteiger partial charge in [-0.25, -0.2) is 0 Å². The Labute approximate surface area is 159 Å². The van der Waals surface area contributed by atoms with E-state index in [1.165, 1.54) is 6.08 Å². The van der Waals surface area contributed by atoms with Crippen LogP contribution >= 0.6 is 0 Å². The van der Waals surface area contributed by atoms with Crippen LogP contribution in [0.25, 0.3) is 6.08 Å². The van der Waals surface area contributed by atoms with Crippen molar-refractivity contribution in [2.75, 3.05) is 14.2 Å². The Morgan fingerprint density at radius 2 is 1.52 bits per heavy atom. The molecule has 0 heterocycles. The molecule has 2 aromatic rings. The minimum absolute atomic E-state index is 0.165. The van der Waals surface area contributed by atoms with Gasteiger partial charge in [0, 0.05) is 17.2 Å². The largest absolute Gasteiger partial charge is 0.497 e. The van der Waals surface area contributed by atoms with E-state index in [1.54, 1.807) is 77.5 Å². The molecular formula is C22H24O5. The van der Waals surface area contributed by atoms with E-state index in [0.29, 0.717) is 22.8 Å². The van der Waals surface area contributed by atoms with Gasteiger partial charge >= 0.3 is 5.97 Å². The van der Waals surface area contributed by atoms with Gasteiger partial charge in [-0.3, -0.25) is 9.59 Å². The van der Waals surface area contributed by atoms with Gasteiger partial charge in [0.15, 0.2) is 5.78 Å². The first-order valence-electron chi connectivity index (χ1n) is 8.51. The third kappa shape index (κ3) is 5.45. The normalized spacial score (nSPS) is 11.3. The Bertz CT molecular complexity index is 842. The maximum Gasteiger partial charge on any atom is 0.316 e. The van der Waals surface area contributed by atoms with Crippen LogP contribution in [0.15, 0.2) is 48.5 Å². The van der Waals surface area contributed by atoms with Crippen LogP contribution in [0.3, 0.4) is 0 Å². The molecule has 0 aromatic heterocycles. The van der Waals surface area contributed by atoms with Crippen LogP contribution in [0.4, 0.5) is 0 Å². The molecule has 142 valence electrons. The molecule has 5 nitrogen and oxygen atoms in total.